The van der Waals surface area contributed by atoms with Crippen LogP contribution in [0.1, 0.15) is 40.0 Å². The lowest BCUT2D eigenvalue weighted by molar-refractivity contribution is 0.0739. The molecule has 0 aromatic carbocycles. The second-order valence-electron chi connectivity index (χ2n) is 5.34. The molecule has 1 heterocycles. The molecular weight excluding hydrogens is 158 g/mol. The molecule has 13 heavy (non-hydrogen) atoms. The molecule has 0 aromatic rings. The molecule has 5 atom stereocenters. The Balaban J connectivity index is 2.08. The molecule has 1 saturated heterocycles. The van der Waals surface area contributed by atoms with Crippen LogP contribution in [0.15, 0.2) is 0 Å². The predicted molar refractivity (Wildman–Crippen MR) is 56.6 cm³/mol. The first kappa shape index (κ1) is 9.51. The normalized spacial score (nSPS) is 51.5. The van der Waals surface area contributed by atoms with E-state index >= 15 is 0 Å². The van der Waals surface area contributed by atoms with Gasteiger partial charge in [-0.25, -0.2) is 0 Å². The summed E-state index contributed by atoms with van der Waals surface area (Å²) in [5, 5.41) is 3.75. The van der Waals surface area contributed by atoms with Gasteiger partial charge in [-0.15, -0.1) is 0 Å². The highest BCUT2D eigenvalue weighted by Crippen LogP contribution is 2.39. The second kappa shape index (κ2) is 3.61. The molecule has 2 aliphatic rings. The molecule has 0 spiro atoms. The van der Waals surface area contributed by atoms with Crippen LogP contribution in [-0.4, -0.2) is 12.6 Å². The molecule has 1 N–H and O–H groups in total. The van der Waals surface area contributed by atoms with E-state index in [-0.39, 0.29) is 0 Å². The van der Waals surface area contributed by atoms with Gasteiger partial charge in [0.25, 0.3) is 0 Å². The number of hydrogen-bond acceptors (Lipinski definition) is 1. The third kappa shape index (κ3) is 1.63. The number of fused-ring (bicyclic) bond motifs is 1. The minimum absolute atomic E-state index is 0.833. The number of piperidine rings is 1. The molecule has 0 amide bonds. The fourth-order valence-electron chi connectivity index (χ4n) is 3.33. The van der Waals surface area contributed by atoms with Crippen LogP contribution in [0.3, 0.4) is 0 Å². The van der Waals surface area contributed by atoms with Crippen LogP contribution in [0.2, 0.25) is 0 Å². The van der Waals surface area contributed by atoms with Gasteiger partial charge >= 0.3 is 0 Å². The van der Waals surface area contributed by atoms with E-state index in [1.54, 1.807) is 0 Å². The minimum atomic E-state index is 0.833. The first-order valence-corrected chi connectivity index (χ1v) is 5.93. The summed E-state index contributed by atoms with van der Waals surface area (Å²) >= 11 is 0. The SMILES string of the molecule is CC1CNC2C(C)CCCC2C1C. The Hall–Kier alpha value is -0.0400. The maximum Gasteiger partial charge on any atom is 0.0124 e. The number of hydrogen-bond donors (Lipinski definition) is 1. The van der Waals surface area contributed by atoms with E-state index in [0.717, 1.165) is 29.7 Å². The number of nitrogens with one attached hydrogen (secondary N) is 1. The van der Waals surface area contributed by atoms with Crippen molar-refractivity contribution in [3.05, 3.63) is 0 Å². The molecule has 1 aliphatic carbocycles. The molecule has 1 aliphatic heterocycles. The average molecular weight is 181 g/mol. The molecule has 1 nitrogen and oxygen atoms in total. The van der Waals surface area contributed by atoms with E-state index < -0.39 is 0 Å². The minimum Gasteiger partial charge on any atom is -0.313 e. The van der Waals surface area contributed by atoms with Crippen molar-refractivity contribution in [2.45, 2.75) is 46.1 Å². The summed E-state index contributed by atoms with van der Waals surface area (Å²) in [5.74, 6) is 3.70. The molecule has 0 bridgehead atoms. The topological polar surface area (TPSA) is 12.0 Å². The van der Waals surface area contributed by atoms with Gasteiger partial charge in [0, 0.05) is 6.04 Å². The van der Waals surface area contributed by atoms with Gasteiger partial charge < -0.3 is 5.32 Å². The monoisotopic (exact) mass is 181 g/mol. The Labute approximate surface area is 82.3 Å². The Morgan fingerprint density at radius 2 is 1.77 bits per heavy atom. The fourth-order valence-corrected chi connectivity index (χ4v) is 3.33. The smallest absolute Gasteiger partial charge is 0.0124 e. The molecule has 1 heteroatoms. The van der Waals surface area contributed by atoms with Crippen molar-refractivity contribution in [3.63, 3.8) is 0 Å². The lowest BCUT2D eigenvalue weighted by Crippen LogP contribution is -2.53. The van der Waals surface area contributed by atoms with E-state index in [1.165, 1.54) is 25.8 Å². The van der Waals surface area contributed by atoms with Gasteiger partial charge in [-0.2, -0.15) is 0 Å². The number of rotatable bonds is 0. The van der Waals surface area contributed by atoms with E-state index in [9.17, 15) is 0 Å². The van der Waals surface area contributed by atoms with Crippen molar-refractivity contribution in [1.29, 1.82) is 0 Å². The van der Waals surface area contributed by atoms with Gasteiger partial charge in [-0.1, -0.05) is 27.2 Å². The summed E-state index contributed by atoms with van der Waals surface area (Å²) in [5.41, 5.74) is 0. The summed E-state index contributed by atoms with van der Waals surface area (Å²) in [7, 11) is 0. The quantitative estimate of drug-likeness (QED) is 0.606. The lowest BCUT2D eigenvalue weighted by Gasteiger charge is -2.47. The highest BCUT2D eigenvalue weighted by atomic mass is 15.0. The van der Waals surface area contributed by atoms with Gasteiger partial charge in [-0.3, -0.25) is 0 Å². The molecule has 0 aromatic heterocycles. The van der Waals surface area contributed by atoms with Gasteiger partial charge in [0.1, 0.15) is 0 Å². The summed E-state index contributed by atoms with van der Waals surface area (Å²) in [4.78, 5) is 0. The molecule has 76 valence electrons. The third-order valence-electron chi connectivity index (χ3n) is 4.52. The molecule has 5 unspecified atom stereocenters. The van der Waals surface area contributed by atoms with Crippen LogP contribution in [0.5, 0.6) is 0 Å². The van der Waals surface area contributed by atoms with Crippen molar-refractivity contribution in [2.75, 3.05) is 6.54 Å². The Bertz CT molecular complexity index is 178. The van der Waals surface area contributed by atoms with Crippen molar-refractivity contribution in [1.82, 2.24) is 5.32 Å². The van der Waals surface area contributed by atoms with Crippen molar-refractivity contribution in [3.8, 4) is 0 Å². The highest BCUT2D eigenvalue weighted by Gasteiger charge is 2.38. The fraction of sp³-hybridized carbons (Fsp3) is 1.00. The van der Waals surface area contributed by atoms with Crippen LogP contribution in [-0.2, 0) is 0 Å². The highest BCUT2D eigenvalue weighted by molar-refractivity contribution is 4.93. The van der Waals surface area contributed by atoms with Crippen molar-refractivity contribution < 1.29 is 0 Å². The first-order valence-electron chi connectivity index (χ1n) is 5.93. The molecule has 2 rings (SSSR count). The zero-order valence-electron chi connectivity index (χ0n) is 9.22. The summed E-state index contributed by atoms with van der Waals surface area (Å²) in [6.07, 6.45) is 4.36. The molecule has 1 saturated carbocycles. The third-order valence-corrected chi connectivity index (χ3v) is 4.52. The van der Waals surface area contributed by atoms with E-state index in [0.29, 0.717) is 0 Å². The van der Waals surface area contributed by atoms with Crippen LogP contribution < -0.4 is 5.32 Å². The average Bonchev–Trinajstić information content (AvgIpc) is 2.12. The largest absolute Gasteiger partial charge is 0.313 e. The summed E-state index contributed by atoms with van der Waals surface area (Å²) in [6.45, 7) is 8.52. The van der Waals surface area contributed by atoms with Gasteiger partial charge in [0.05, 0.1) is 0 Å². The zero-order chi connectivity index (χ0) is 9.42. The second-order valence-corrected chi connectivity index (χ2v) is 5.34. The summed E-state index contributed by atoms with van der Waals surface area (Å²) < 4.78 is 0. The molecule has 2 fully saturated rings. The molecular formula is C12H23N. The van der Waals surface area contributed by atoms with E-state index in [4.69, 9.17) is 0 Å². The van der Waals surface area contributed by atoms with Crippen LogP contribution in [0.25, 0.3) is 0 Å². The van der Waals surface area contributed by atoms with Crippen LogP contribution >= 0.6 is 0 Å². The lowest BCUT2D eigenvalue weighted by atomic mass is 9.66. The Morgan fingerprint density at radius 1 is 1.00 bits per heavy atom. The van der Waals surface area contributed by atoms with Crippen LogP contribution in [0.4, 0.5) is 0 Å². The summed E-state index contributed by atoms with van der Waals surface area (Å²) in [6, 6.07) is 0.833. The Morgan fingerprint density at radius 3 is 2.54 bits per heavy atom. The van der Waals surface area contributed by atoms with Gasteiger partial charge in [-0.05, 0) is 43.1 Å². The predicted octanol–water partition coefficient (Wildman–Crippen LogP) is 2.67. The van der Waals surface area contributed by atoms with Crippen molar-refractivity contribution in [2.24, 2.45) is 23.7 Å². The standard InChI is InChI=1S/C12H23N/c1-8-5-4-6-11-10(3)9(2)7-13-12(8)11/h8-13H,4-7H2,1-3H3. The first-order chi connectivity index (χ1) is 6.20. The maximum absolute atomic E-state index is 3.75. The van der Waals surface area contributed by atoms with Gasteiger partial charge in [0.2, 0.25) is 0 Å². The molecule has 0 radical (unpaired) electrons. The Kier molecular flexibility index (Phi) is 2.64. The van der Waals surface area contributed by atoms with Crippen molar-refractivity contribution >= 4 is 0 Å². The maximum atomic E-state index is 3.75. The van der Waals surface area contributed by atoms with E-state index in [2.05, 4.69) is 26.1 Å². The van der Waals surface area contributed by atoms with Crippen LogP contribution in [0, 0.1) is 23.7 Å². The zero-order valence-corrected chi connectivity index (χ0v) is 9.22. The van der Waals surface area contributed by atoms with E-state index in [1.807, 2.05) is 0 Å². The van der Waals surface area contributed by atoms with Gasteiger partial charge in [0.15, 0.2) is 0 Å².